The second-order valence-electron chi connectivity index (χ2n) is 3.33. The molecule has 1 rings (SSSR count). The Labute approximate surface area is 93.0 Å². The number of thiazole rings is 1. The summed E-state index contributed by atoms with van der Waals surface area (Å²) in [6.45, 7) is 4.75. The van der Waals surface area contributed by atoms with E-state index in [0.29, 0.717) is 13.0 Å². The topological polar surface area (TPSA) is 83.5 Å². The van der Waals surface area contributed by atoms with E-state index in [-0.39, 0.29) is 11.9 Å². The summed E-state index contributed by atoms with van der Waals surface area (Å²) in [7, 11) is 0. The van der Waals surface area contributed by atoms with Crippen LogP contribution in [0.2, 0.25) is 0 Å². The second kappa shape index (κ2) is 5.67. The highest BCUT2D eigenvalue weighted by Crippen LogP contribution is 2.18. The van der Waals surface area contributed by atoms with Gasteiger partial charge in [-0.05, 0) is 13.8 Å². The summed E-state index contributed by atoms with van der Waals surface area (Å²) in [5, 5.41) is 15.6. The number of nitrogens with one attached hydrogen (secondary N) is 1. The Hall–Kier alpha value is -1.14. The normalized spacial score (nSPS) is 14.1. The summed E-state index contributed by atoms with van der Waals surface area (Å²) in [5.41, 5.74) is 5.35. The number of hydrogen-bond acceptors (Lipinski definition) is 5. The van der Waals surface area contributed by atoms with Crippen LogP contribution in [0.5, 0.6) is 0 Å². The van der Waals surface area contributed by atoms with Crippen LogP contribution in [-0.2, 0) is 0 Å². The largest absolute Gasteiger partial charge is 0.409 e. The van der Waals surface area contributed by atoms with Gasteiger partial charge in [-0.25, -0.2) is 4.98 Å². The molecular weight excluding hydrogens is 212 g/mol. The molecule has 0 fully saturated rings. The van der Waals surface area contributed by atoms with Crippen molar-refractivity contribution in [1.82, 2.24) is 10.3 Å². The van der Waals surface area contributed by atoms with Gasteiger partial charge in [0.2, 0.25) is 0 Å². The highest BCUT2D eigenvalue weighted by atomic mass is 32.1. The number of amidine groups is 1. The first-order valence-corrected chi connectivity index (χ1v) is 5.57. The molecule has 4 N–H and O–H groups in total. The molecule has 0 aliphatic carbocycles. The van der Waals surface area contributed by atoms with Gasteiger partial charge in [0.25, 0.3) is 0 Å². The molecule has 0 saturated heterocycles. The van der Waals surface area contributed by atoms with Crippen LogP contribution in [0.4, 0.5) is 0 Å². The van der Waals surface area contributed by atoms with Crippen LogP contribution in [0.25, 0.3) is 0 Å². The van der Waals surface area contributed by atoms with E-state index < -0.39 is 0 Å². The minimum atomic E-state index is 0.204. The molecule has 0 bridgehead atoms. The van der Waals surface area contributed by atoms with Crippen LogP contribution in [0, 0.1) is 6.92 Å². The molecule has 0 aliphatic rings. The summed E-state index contributed by atoms with van der Waals surface area (Å²) in [5.74, 6) is 0.241. The molecule has 0 aromatic carbocycles. The molecule has 1 unspecified atom stereocenters. The van der Waals surface area contributed by atoms with Crippen molar-refractivity contribution >= 4 is 17.2 Å². The molecule has 1 aromatic heterocycles. The van der Waals surface area contributed by atoms with Crippen LogP contribution in [0.15, 0.2) is 11.4 Å². The molecule has 0 saturated carbocycles. The first kappa shape index (κ1) is 11.9. The number of rotatable bonds is 5. The van der Waals surface area contributed by atoms with E-state index >= 15 is 0 Å². The Morgan fingerprint density at radius 1 is 1.80 bits per heavy atom. The molecule has 0 amide bonds. The predicted molar refractivity (Wildman–Crippen MR) is 61.3 cm³/mol. The Bertz CT molecular complexity index is 337. The zero-order valence-electron chi connectivity index (χ0n) is 8.90. The highest BCUT2D eigenvalue weighted by molar-refractivity contribution is 7.11. The lowest BCUT2D eigenvalue weighted by Gasteiger charge is -2.09. The third-order valence-electron chi connectivity index (χ3n) is 1.97. The zero-order valence-corrected chi connectivity index (χ0v) is 9.71. The molecule has 0 radical (unpaired) electrons. The van der Waals surface area contributed by atoms with Gasteiger partial charge in [-0.15, -0.1) is 11.3 Å². The monoisotopic (exact) mass is 228 g/mol. The molecule has 6 heteroatoms. The average Bonchev–Trinajstić information content (AvgIpc) is 2.64. The standard InChI is InChI=1S/C9H16N4OS/c1-6-5-12-9(15-6)7(2)11-4-3-8(10)13-14/h5,7,11,14H,3-4H2,1-2H3,(H2,10,13). The van der Waals surface area contributed by atoms with Crippen LogP contribution < -0.4 is 11.1 Å². The van der Waals surface area contributed by atoms with Crippen molar-refractivity contribution in [3.63, 3.8) is 0 Å². The zero-order chi connectivity index (χ0) is 11.3. The summed E-state index contributed by atoms with van der Waals surface area (Å²) in [6, 6.07) is 0.204. The van der Waals surface area contributed by atoms with E-state index in [0.717, 1.165) is 5.01 Å². The lowest BCUT2D eigenvalue weighted by Crippen LogP contribution is -2.24. The van der Waals surface area contributed by atoms with E-state index in [1.54, 1.807) is 11.3 Å². The lowest BCUT2D eigenvalue weighted by atomic mass is 10.3. The maximum Gasteiger partial charge on any atom is 0.140 e. The van der Waals surface area contributed by atoms with Gasteiger partial charge in [0.1, 0.15) is 10.8 Å². The minimum absolute atomic E-state index is 0.204. The van der Waals surface area contributed by atoms with Crippen LogP contribution in [0.1, 0.15) is 29.3 Å². The van der Waals surface area contributed by atoms with Crippen molar-refractivity contribution in [3.8, 4) is 0 Å². The molecule has 15 heavy (non-hydrogen) atoms. The van der Waals surface area contributed by atoms with Gasteiger partial charge in [0.15, 0.2) is 0 Å². The molecule has 5 nitrogen and oxygen atoms in total. The fraction of sp³-hybridized carbons (Fsp3) is 0.556. The molecule has 0 spiro atoms. The van der Waals surface area contributed by atoms with Gasteiger partial charge >= 0.3 is 0 Å². The van der Waals surface area contributed by atoms with E-state index in [4.69, 9.17) is 10.9 Å². The van der Waals surface area contributed by atoms with Crippen molar-refractivity contribution in [1.29, 1.82) is 0 Å². The van der Waals surface area contributed by atoms with Crippen molar-refractivity contribution in [2.75, 3.05) is 6.54 Å². The number of oxime groups is 1. The quantitative estimate of drug-likeness (QED) is 0.306. The minimum Gasteiger partial charge on any atom is -0.409 e. The number of aromatic nitrogens is 1. The van der Waals surface area contributed by atoms with Gasteiger partial charge in [-0.3, -0.25) is 0 Å². The lowest BCUT2D eigenvalue weighted by molar-refractivity contribution is 0.316. The molecule has 1 atom stereocenters. The first-order chi connectivity index (χ1) is 7.13. The third kappa shape index (κ3) is 3.85. The molecular formula is C9H16N4OS. The van der Waals surface area contributed by atoms with Crippen LogP contribution >= 0.6 is 11.3 Å². The van der Waals surface area contributed by atoms with Gasteiger partial charge < -0.3 is 16.3 Å². The van der Waals surface area contributed by atoms with Crippen molar-refractivity contribution in [3.05, 3.63) is 16.1 Å². The Kier molecular flexibility index (Phi) is 4.51. The maximum atomic E-state index is 8.35. The second-order valence-corrected chi connectivity index (χ2v) is 4.59. The maximum absolute atomic E-state index is 8.35. The summed E-state index contributed by atoms with van der Waals surface area (Å²) >= 11 is 1.68. The fourth-order valence-corrected chi connectivity index (χ4v) is 1.93. The molecule has 0 aliphatic heterocycles. The number of hydrogen-bond donors (Lipinski definition) is 3. The molecule has 84 valence electrons. The molecule has 1 aromatic rings. The van der Waals surface area contributed by atoms with E-state index in [1.807, 2.05) is 20.0 Å². The number of nitrogens with two attached hydrogens (primary N) is 1. The highest BCUT2D eigenvalue weighted by Gasteiger charge is 2.08. The average molecular weight is 228 g/mol. The van der Waals surface area contributed by atoms with E-state index in [9.17, 15) is 0 Å². The van der Waals surface area contributed by atoms with Crippen molar-refractivity contribution in [2.24, 2.45) is 10.9 Å². The van der Waals surface area contributed by atoms with E-state index in [2.05, 4.69) is 15.5 Å². The van der Waals surface area contributed by atoms with Gasteiger partial charge in [-0.1, -0.05) is 5.16 Å². The Morgan fingerprint density at radius 2 is 2.53 bits per heavy atom. The number of aryl methyl sites for hydroxylation is 1. The SMILES string of the molecule is Cc1cnc(C(C)NCC/C(N)=N/O)s1. The Balaban J connectivity index is 2.33. The third-order valence-corrected chi connectivity index (χ3v) is 3.07. The summed E-state index contributed by atoms with van der Waals surface area (Å²) in [4.78, 5) is 5.48. The van der Waals surface area contributed by atoms with Crippen LogP contribution in [-0.4, -0.2) is 22.6 Å². The molecule has 1 heterocycles. The van der Waals surface area contributed by atoms with Crippen molar-refractivity contribution in [2.45, 2.75) is 26.3 Å². The number of nitrogens with zero attached hydrogens (tertiary/aromatic N) is 2. The summed E-state index contributed by atoms with van der Waals surface area (Å²) in [6.07, 6.45) is 2.40. The van der Waals surface area contributed by atoms with Gasteiger partial charge in [0, 0.05) is 24.0 Å². The smallest absolute Gasteiger partial charge is 0.140 e. The summed E-state index contributed by atoms with van der Waals surface area (Å²) < 4.78 is 0. The van der Waals surface area contributed by atoms with Crippen molar-refractivity contribution < 1.29 is 5.21 Å². The van der Waals surface area contributed by atoms with Crippen LogP contribution in [0.3, 0.4) is 0 Å². The van der Waals surface area contributed by atoms with Gasteiger partial charge in [-0.2, -0.15) is 0 Å². The van der Waals surface area contributed by atoms with Gasteiger partial charge in [0.05, 0.1) is 6.04 Å². The van der Waals surface area contributed by atoms with E-state index in [1.165, 1.54) is 4.88 Å². The predicted octanol–water partition coefficient (Wildman–Crippen LogP) is 1.24. The fourth-order valence-electron chi connectivity index (χ4n) is 1.13. The first-order valence-electron chi connectivity index (χ1n) is 4.75. The Morgan fingerprint density at radius 3 is 3.07 bits per heavy atom.